The van der Waals surface area contributed by atoms with Crippen LogP contribution < -0.4 is 5.56 Å². The largest absolute Gasteiger partial charge is 0.348 e. The van der Waals surface area contributed by atoms with Crippen molar-refractivity contribution in [3.8, 4) is 0 Å². The van der Waals surface area contributed by atoms with E-state index in [0.717, 1.165) is 60.3 Å². The zero-order valence-corrected chi connectivity index (χ0v) is 17.0. The molecule has 0 saturated heterocycles. The summed E-state index contributed by atoms with van der Waals surface area (Å²) in [6, 6.07) is 0.232. The van der Waals surface area contributed by atoms with Gasteiger partial charge in [-0.05, 0) is 44.1 Å². The summed E-state index contributed by atoms with van der Waals surface area (Å²) in [6.45, 7) is 0. The quantitative estimate of drug-likeness (QED) is 0.590. The molecule has 0 radical (unpaired) electrons. The first-order valence-corrected chi connectivity index (χ1v) is 11.3. The highest BCUT2D eigenvalue weighted by Gasteiger charge is 2.27. The van der Waals surface area contributed by atoms with Gasteiger partial charge in [0, 0.05) is 25.0 Å². The van der Waals surface area contributed by atoms with Gasteiger partial charge in [0.15, 0.2) is 5.16 Å². The molecule has 2 aromatic heterocycles. The topological polar surface area (TPSA) is 55.2 Å². The van der Waals surface area contributed by atoms with E-state index in [1.54, 1.807) is 30.3 Å². The fourth-order valence-electron chi connectivity index (χ4n) is 4.04. The van der Waals surface area contributed by atoms with Gasteiger partial charge in [0.1, 0.15) is 4.83 Å². The van der Waals surface area contributed by atoms with E-state index in [1.807, 2.05) is 4.57 Å². The predicted octanol–water partition coefficient (Wildman–Crippen LogP) is 3.63. The van der Waals surface area contributed by atoms with Gasteiger partial charge in [-0.2, -0.15) is 0 Å². The van der Waals surface area contributed by atoms with Crippen LogP contribution in [0.3, 0.4) is 0 Å². The monoisotopic (exact) mass is 391 g/mol. The number of thioether (sulfide) groups is 1. The zero-order valence-electron chi connectivity index (χ0n) is 15.4. The Hall–Kier alpha value is -1.34. The summed E-state index contributed by atoms with van der Waals surface area (Å²) in [4.78, 5) is 34.2. The minimum Gasteiger partial charge on any atom is -0.348 e. The van der Waals surface area contributed by atoms with Crippen molar-refractivity contribution in [3.05, 3.63) is 20.8 Å². The van der Waals surface area contributed by atoms with E-state index in [2.05, 4.69) is 0 Å². The van der Waals surface area contributed by atoms with E-state index in [9.17, 15) is 9.59 Å². The Kier molecular flexibility index (Phi) is 5.10. The van der Waals surface area contributed by atoms with E-state index in [4.69, 9.17) is 4.98 Å². The number of carbonyl (C=O) groups is 1. The predicted molar refractivity (Wildman–Crippen MR) is 107 cm³/mol. The molecule has 0 unspecified atom stereocenters. The molecule has 5 nitrogen and oxygen atoms in total. The summed E-state index contributed by atoms with van der Waals surface area (Å²) >= 11 is 3.10. The summed E-state index contributed by atoms with van der Waals surface area (Å²) in [5.41, 5.74) is 1.38. The smallest absolute Gasteiger partial charge is 0.263 e. The molecule has 0 aromatic carbocycles. The normalized spacial score (nSPS) is 17.6. The van der Waals surface area contributed by atoms with Crippen LogP contribution in [0, 0.1) is 0 Å². The molecular weight excluding hydrogens is 366 g/mol. The fourth-order valence-corrected chi connectivity index (χ4v) is 6.39. The van der Waals surface area contributed by atoms with Gasteiger partial charge in [0.05, 0.1) is 11.1 Å². The van der Waals surface area contributed by atoms with Gasteiger partial charge in [-0.3, -0.25) is 14.2 Å². The first kappa shape index (κ1) is 18.0. The Labute approximate surface area is 161 Å². The molecule has 1 saturated carbocycles. The number of carbonyl (C=O) groups excluding carboxylic acids is 1. The summed E-state index contributed by atoms with van der Waals surface area (Å²) < 4.78 is 1.92. The van der Waals surface area contributed by atoms with Gasteiger partial charge in [-0.15, -0.1) is 11.3 Å². The molecule has 2 aliphatic rings. The van der Waals surface area contributed by atoms with Crippen molar-refractivity contribution in [2.24, 2.45) is 0 Å². The maximum absolute atomic E-state index is 13.5. The number of nitrogens with zero attached hydrogens (tertiary/aromatic N) is 3. The van der Waals surface area contributed by atoms with Crippen LogP contribution >= 0.6 is 23.1 Å². The number of hydrogen-bond acceptors (Lipinski definition) is 5. The lowest BCUT2D eigenvalue weighted by Gasteiger charge is -2.19. The highest BCUT2D eigenvalue weighted by Crippen LogP contribution is 2.37. The third kappa shape index (κ3) is 3.20. The molecule has 0 spiro atoms. The first-order chi connectivity index (χ1) is 12.6. The van der Waals surface area contributed by atoms with Crippen LogP contribution in [0.2, 0.25) is 0 Å². The van der Waals surface area contributed by atoms with Crippen molar-refractivity contribution in [3.63, 3.8) is 0 Å². The second kappa shape index (κ2) is 7.35. The number of aromatic nitrogens is 2. The van der Waals surface area contributed by atoms with Crippen molar-refractivity contribution in [1.29, 1.82) is 0 Å². The highest BCUT2D eigenvalue weighted by atomic mass is 32.2. The molecule has 2 aromatic rings. The number of hydrogen-bond donors (Lipinski definition) is 0. The second-order valence-electron chi connectivity index (χ2n) is 7.48. The van der Waals surface area contributed by atoms with Crippen LogP contribution in [0.1, 0.15) is 55.0 Å². The molecule has 0 atom stereocenters. The van der Waals surface area contributed by atoms with Gasteiger partial charge in [0.2, 0.25) is 5.91 Å². The number of aryl methyl sites for hydroxylation is 2. The summed E-state index contributed by atoms with van der Waals surface area (Å²) in [5.74, 6) is 0.371. The molecule has 26 heavy (non-hydrogen) atoms. The lowest BCUT2D eigenvalue weighted by molar-refractivity contribution is -0.125. The Morgan fingerprint density at radius 1 is 1.23 bits per heavy atom. The second-order valence-corrected chi connectivity index (χ2v) is 9.50. The summed E-state index contributed by atoms with van der Waals surface area (Å²) in [6.07, 6.45) is 8.84. The van der Waals surface area contributed by atoms with Crippen molar-refractivity contribution in [2.45, 2.75) is 62.6 Å². The third-order valence-electron chi connectivity index (χ3n) is 5.50. The van der Waals surface area contributed by atoms with Gasteiger partial charge in [0.25, 0.3) is 5.56 Å². The maximum Gasteiger partial charge on any atom is 0.263 e. The lowest BCUT2D eigenvalue weighted by Crippen LogP contribution is -2.28. The van der Waals surface area contributed by atoms with Crippen LogP contribution in [0.15, 0.2) is 9.95 Å². The van der Waals surface area contributed by atoms with E-state index in [-0.39, 0.29) is 17.5 Å². The molecule has 0 N–H and O–H groups in total. The Bertz CT molecular complexity index is 894. The van der Waals surface area contributed by atoms with Crippen LogP contribution in [-0.4, -0.2) is 40.2 Å². The summed E-state index contributed by atoms with van der Waals surface area (Å²) in [7, 11) is 3.52. The van der Waals surface area contributed by atoms with Crippen LogP contribution in [0.4, 0.5) is 0 Å². The van der Waals surface area contributed by atoms with Gasteiger partial charge in [-0.25, -0.2) is 4.98 Å². The number of fused-ring (bicyclic) bond motifs is 3. The number of amides is 1. The van der Waals surface area contributed by atoms with Gasteiger partial charge < -0.3 is 4.90 Å². The van der Waals surface area contributed by atoms with E-state index >= 15 is 0 Å². The Morgan fingerprint density at radius 2 is 1.96 bits per heavy atom. The molecule has 1 fully saturated rings. The first-order valence-electron chi connectivity index (χ1n) is 9.46. The minimum absolute atomic E-state index is 0.0489. The van der Waals surface area contributed by atoms with Crippen molar-refractivity contribution in [1.82, 2.24) is 14.5 Å². The highest BCUT2D eigenvalue weighted by molar-refractivity contribution is 7.99. The third-order valence-corrected chi connectivity index (χ3v) is 7.63. The molecule has 140 valence electrons. The molecule has 7 heteroatoms. The maximum atomic E-state index is 13.5. The number of thiophene rings is 1. The lowest BCUT2D eigenvalue weighted by atomic mass is 9.97. The molecule has 2 aliphatic carbocycles. The minimum atomic E-state index is 0.0489. The van der Waals surface area contributed by atoms with E-state index in [0.29, 0.717) is 5.75 Å². The van der Waals surface area contributed by atoms with E-state index < -0.39 is 0 Å². The molecule has 0 aliphatic heterocycles. The van der Waals surface area contributed by atoms with Crippen molar-refractivity contribution >= 4 is 39.2 Å². The molecule has 2 heterocycles. The molecule has 0 bridgehead atoms. The Balaban J connectivity index is 1.82. The average Bonchev–Trinajstić information content (AvgIpc) is 3.26. The Morgan fingerprint density at radius 3 is 2.69 bits per heavy atom. The molecule has 4 rings (SSSR count). The average molecular weight is 392 g/mol. The van der Waals surface area contributed by atoms with Crippen molar-refractivity contribution in [2.75, 3.05) is 19.8 Å². The summed E-state index contributed by atoms with van der Waals surface area (Å²) in [5, 5.41) is 1.59. The fraction of sp³-hybridized carbons (Fsp3) is 0.632. The van der Waals surface area contributed by atoms with Gasteiger partial charge >= 0.3 is 0 Å². The van der Waals surface area contributed by atoms with Gasteiger partial charge in [-0.1, -0.05) is 24.6 Å². The van der Waals surface area contributed by atoms with E-state index in [1.165, 1.54) is 28.6 Å². The standard InChI is InChI=1S/C19H25N3O2S2/c1-21(2)15(23)11-25-19-20-17-16(13-9-5-6-10-14(13)26-17)18(24)22(19)12-7-3-4-8-12/h12H,3-11H2,1-2H3. The molecule has 1 amide bonds. The van der Waals surface area contributed by atoms with Crippen molar-refractivity contribution < 1.29 is 4.79 Å². The van der Waals surface area contributed by atoms with Crippen LogP contribution in [-0.2, 0) is 17.6 Å². The van der Waals surface area contributed by atoms with Crippen LogP contribution in [0.5, 0.6) is 0 Å². The molecular formula is C19H25N3O2S2. The van der Waals surface area contributed by atoms with Crippen LogP contribution in [0.25, 0.3) is 10.2 Å². The number of rotatable bonds is 4. The SMILES string of the molecule is CN(C)C(=O)CSc1nc2sc3c(c2c(=O)n1C1CCCC1)CCCC3. The zero-order chi connectivity index (χ0) is 18.3.